The predicted molar refractivity (Wildman–Crippen MR) is 149 cm³/mol. The Labute approximate surface area is 233 Å². The number of aryl methyl sites for hydroxylation is 4. The summed E-state index contributed by atoms with van der Waals surface area (Å²) >= 11 is 0. The molecule has 0 aliphatic heterocycles. The SMILES string of the molecule is COc1cc(NCCCCNc2ccc(N=Nc3n(C)nc[n+]3C)c(OC)c2)ccc1N=Nc1n(C)nc[n+]1C. The molecule has 0 unspecified atom stereocenters. The van der Waals surface area contributed by atoms with E-state index in [-0.39, 0.29) is 0 Å². The Kier molecular flexibility index (Phi) is 9.33. The first kappa shape index (κ1) is 28.1. The van der Waals surface area contributed by atoms with Crippen molar-refractivity contribution >= 4 is 34.6 Å². The highest BCUT2D eigenvalue weighted by atomic mass is 16.5. The summed E-state index contributed by atoms with van der Waals surface area (Å²) in [4.78, 5) is 0. The number of benzene rings is 2. The van der Waals surface area contributed by atoms with E-state index < -0.39 is 0 Å². The molecule has 14 heteroatoms. The molecule has 4 aromatic rings. The van der Waals surface area contributed by atoms with Gasteiger partial charge in [0.25, 0.3) is 0 Å². The van der Waals surface area contributed by atoms with Crippen LogP contribution in [0.5, 0.6) is 11.5 Å². The molecule has 14 nitrogen and oxygen atoms in total. The first-order chi connectivity index (χ1) is 19.4. The summed E-state index contributed by atoms with van der Waals surface area (Å²) in [6.07, 6.45) is 5.33. The second-order valence-corrected chi connectivity index (χ2v) is 9.06. The fourth-order valence-electron chi connectivity index (χ4n) is 3.90. The van der Waals surface area contributed by atoms with Gasteiger partial charge in [0.15, 0.2) is 0 Å². The monoisotopic (exact) mass is 548 g/mol. The molecule has 0 fully saturated rings. The van der Waals surface area contributed by atoms with E-state index in [9.17, 15) is 0 Å². The number of hydrogen-bond donors (Lipinski definition) is 2. The third-order valence-electron chi connectivity index (χ3n) is 6.12. The molecule has 0 atom stereocenters. The van der Waals surface area contributed by atoms with Crippen LogP contribution in [-0.2, 0) is 28.2 Å². The zero-order valence-electron chi connectivity index (χ0n) is 23.7. The first-order valence-corrected chi connectivity index (χ1v) is 12.8. The minimum atomic E-state index is 0.632. The number of aromatic nitrogens is 6. The van der Waals surface area contributed by atoms with Crippen LogP contribution < -0.4 is 29.2 Å². The van der Waals surface area contributed by atoms with E-state index in [1.807, 2.05) is 64.6 Å². The quantitative estimate of drug-likeness (QED) is 0.148. The van der Waals surface area contributed by atoms with Crippen molar-refractivity contribution in [1.82, 2.24) is 19.6 Å². The second-order valence-electron chi connectivity index (χ2n) is 9.06. The molecule has 0 aliphatic rings. The number of ether oxygens (including phenoxy) is 2. The summed E-state index contributed by atoms with van der Waals surface area (Å²) in [6, 6.07) is 11.6. The van der Waals surface area contributed by atoms with Gasteiger partial charge >= 0.3 is 11.9 Å². The van der Waals surface area contributed by atoms with E-state index in [4.69, 9.17) is 9.47 Å². The predicted octanol–water partition coefficient (Wildman–Crippen LogP) is 3.95. The highest BCUT2D eigenvalue weighted by Crippen LogP contribution is 2.32. The third-order valence-corrected chi connectivity index (χ3v) is 6.12. The van der Waals surface area contributed by atoms with Crippen molar-refractivity contribution in [2.24, 2.45) is 48.6 Å². The molecular weight excluding hydrogens is 512 g/mol. The number of methoxy groups -OCH3 is 2. The normalized spacial score (nSPS) is 11.4. The molecule has 2 aromatic heterocycles. The van der Waals surface area contributed by atoms with Crippen LogP contribution in [0.25, 0.3) is 0 Å². The van der Waals surface area contributed by atoms with Gasteiger partial charge in [-0.1, -0.05) is 10.2 Å². The summed E-state index contributed by atoms with van der Waals surface area (Å²) in [5.41, 5.74) is 3.22. The smallest absolute Gasteiger partial charge is 0.403 e. The van der Waals surface area contributed by atoms with Crippen LogP contribution in [0.3, 0.4) is 0 Å². The van der Waals surface area contributed by atoms with Crippen LogP contribution in [0.2, 0.25) is 0 Å². The maximum absolute atomic E-state index is 5.52. The average Bonchev–Trinajstić information content (AvgIpc) is 3.46. The van der Waals surface area contributed by atoms with Crippen molar-refractivity contribution in [1.29, 1.82) is 0 Å². The van der Waals surface area contributed by atoms with Crippen LogP contribution in [-0.4, -0.2) is 46.9 Å². The minimum Gasteiger partial charge on any atom is -0.494 e. The van der Waals surface area contributed by atoms with Crippen LogP contribution in [0.4, 0.5) is 34.6 Å². The van der Waals surface area contributed by atoms with Gasteiger partial charge < -0.3 is 20.1 Å². The molecule has 2 heterocycles. The molecule has 0 bridgehead atoms. The lowest BCUT2D eigenvalue weighted by atomic mass is 10.2. The summed E-state index contributed by atoms with van der Waals surface area (Å²) in [5.74, 6) is 2.55. The highest BCUT2D eigenvalue weighted by molar-refractivity contribution is 5.61. The Morgan fingerprint density at radius 1 is 0.700 bits per heavy atom. The molecule has 0 saturated carbocycles. The topological polar surface area (TPSA) is 135 Å². The molecule has 40 heavy (non-hydrogen) atoms. The van der Waals surface area contributed by atoms with Gasteiger partial charge in [0.2, 0.25) is 12.7 Å². The van der Waals surface area contributed by atoms with E-state index in [2.05, 4.69) is 41.3 Å². The lowest BCUT2D eigenvalue weighted by Crippen LogP contribution is -2.25. The van der Waals surface area contributed by atoms with Crippen molar-refractivity contribution in [3.63, 3.8) is 0 Å². The summed E-state index contributed by atoms with van der Waals surface area (Å²) in [6.45, 7) is 1.65. The molecule has 2 N–H and O–H groups in total. The van der Waals surface area contributed by atoms with E-state index >= 15 is 0 Å². The molecule has 0 spiro atoms. The number of azo groups is 2. The summed E-state index contributed by atoms with van der Waals surface area (Å²) in [5, 5.41) is 32.5. The lowest BCUT2D eigenvalue weighted by molar-refractivity contribution is -0.659. The van der Waals surface area contributed by atoms with Crippen LogP contribution >= 0.6 is 0 Å². The first-order valence-electron chi connectivity index (χ1n) is 12.8. The van der Waals surface area contributed by atoms with E-state index in [1.165, 1.54) is 0 Å². The maximum Gasteiger partial charge on any atom is 0.403 e. The average molecular weight is 549 g/mol. The molecule has 4 rings (SSSR count). The molecule has 0 aliphatic carbocycles. The molecule has 0 radical (unpaired) electrons. The van der Waals surface area contributed by atoms with Crippen molar-refractivity contribution in [3.05, 3.63) is 49.1 Å². The fourth-order valence-corrected chi connectivity index (χ4v) is 3.90. The Bertz CT molecular complexity index is 1340. The number of unbranched alkanes of at least 4 members (excludes halogenated alkanes) is 1. The zero-order valence-corrected chi connectivity index (χ0v) is 23.7. The summed E-state index contributed by atoms with van der Waals surface area (Å²) < 4.78 is 17.9. The molecule has 0 saturated heterocycles. The molecule has 2 aromatic carbocycles. The molecular formula is C26H36N12O2+2. The number of nitrogens with zero attached hydrogens (tertiary/aromatic N) is 10. The van der Waals surface area contributed by atoms with Gasteiger partial charge in [-0.3, -0.25) is 0 Å². The van der Waals surface area contributed by atoms with Gasteiger partial charge in [-0.2, -0.15) is 0 Å². The van der Waals surface area contributed by atoms with Gasteiger partial charge in [-0.25, -0.2) is 9.13 Å². The zero-order chi connectivity index (χ0) is 28.5. The number of nitrogens with one attached hydrogen (secondary N) is 2. The number of rotatable bonds is 13. The minimum absolute atomic E-state index is 0.632. The van der Waals surface area contributed by atoms with Crippen molar-refractivity contribution in [2.75, 3.05) is 37.9 Å². The van der Waals surface area contributed by atoms with Crippen molar-refractivity contribution in [3.8, 4) is 11.5 Å². The van der Waals surface area contributed by atoms with Crippen LogP contribution in [0.1, 0.15) is 12.8 Å². The van der Waals surface area contributed by atoms with E-state index in [0.717, 1.165) is 37.3 Å². The fraction of sp³-hybridized carbons (Fsp3) is 0.385. The Hall–Kier alpha value is -4.88. The standard InChI is InChI=1S/C26H34N12O2/c1-35-17-29-37(3)25(35)33-31-21-11-9-19(15-23(21)39-5)27-13-7-8-14-28-20-10-12-22(24(16-20)40-6)32-34-26-36(2)18-30-38(26)4/h9-12,15-18H,7-8,13-14H2,1-6H3/p+2. The van der Waals surface area contributed by atoms with Gasteiger partial charge in [-0.05, 0) is 47.3 Å². The largest absolute Gasteiger partial charge is 0.494 e. The highest BCUT2D eigenvalue weighted by Gasteiger charge is 2.14. The van der Waals surface area contributed by atoms with Crippen molar-refractivity contribution < 1.29 is 18.6 Å². The number of anilines is 2. The Morgan fingerprint density at radius 3 is 1.48 bits per heavy atom. The Morgan fingerprint density at radius 2 is 1.12 bits per heavy atom. The van der Waals surface area contributed by atoms with Crippen LogP contribution in [0.15, 0.2) is 69.5 Å². The molecule has 0 amide bonds. The maximum atomic E-state index is 5.52. The van der Waals surface area contributed by atoms with Crippen molar-refractivity contribution in [2.45, 2.75) is 12.8 Å². The van der Waals surface area contributed by atoms with E-state index in [0.29, 0.717) is 34.8 Å². The van der Waals surface area contributed by atoms with Gasteiger partial charge in [-0.15, -0.1) is 9.36 Å². The Balaban J connectivity index is 1.24. The lowest BCUT2D eigenvalue weighted by Gasteiger charge is -2.11. The molecule has 210 valence electrons. The van der Waals surface area contributed by atoms with Crippen LogP contribution in [0, 0.1) is 0 Å². The van der Waals surface area contributed by atoms with Gasteiger partial charge in [0, 0.05) is 46.8 Å². The van der Waals surface area contributed by atoms with Gasteiger partial charge in [0.1, 0.15) is 22.9 Å². The number of hydrogen-bond acceptors (Lipinski definition) is 10. The van der Waals surface area contributed by atoms with Gasteiger partial charge in [0.05, 0.1) is 42.4 Å². The second kappa shape index (κ2) is 13.3. The third kappa shape index (κ3) is 6.95. The van der Waals surface area contributed by atoms with E-state index in [1.54, 1.807) is 45.4 Å². The summed E-state index contributed by atoms with van der Waals surface area (Å²) in [7, 11) is 10.6.